The minimum atomic E-state index is -0.585. The SMILES string of the molecule is O=C(CCF)N1CCC2(CC1)OCCN(CC1CCCO1)c1ccccc12. The molecule has 1 spiro atoms. The average molecular weight is 376 g/mol. The zero-order chi connectivity index (χ0) is 18.7. The van der Waals surface area contributed by atoms with Crippen LogP contribution in [0.1, 0.15) is 37.7 Å². The lowest BCUT2D eigenvalue weighted by Crippen LogP contribution is -2.46. The Morgan fingerprint density at radius 2 is 2.00 bits per heavy atom. The molecule has 0 radical (unpaired) electrons. The van der Waals surface area contributed by atoms with Crippen LogP contribution >= 0.6 is 0 Å². The van der Waals surface area contributed by atoms with Gasteiger partial charge < -0.3 is 19.3 Å². The third-order valence-corrected chi connectivity index (χ3v) is 6.16. The molecule has 6 heteroatoms. The zero-order valence-electron chi connectivity index (χ0n) is 15.9. The van der Waals surface area contributed by atoms with Crippen molar-refractivity contribution >= 4 is 11.6 Å². The molecule has 1 aromatic rings. The minimum Gasteiger partial charge on any atom is -0.376 e. The number of hydrogen-bond donors (Lipinski definition) is 0. The number of ether oxygens (including phenoxy) is 2. The standard InChI is InChI=1S/C21H29FN2O3/c22-10-7-20(25)23-11-8-21(9-12-23)18-5-1-2-6-19(18)24(13-15-27-21)16-17-4-3-14-26-17/h1-2,5-6,17H,3-4,7-16H2. The molecule has 0 aromatic heterocycles. The lowest BCUT2D eigenvalue weighted by atomic mass is 9.83. The van der Waals surface area contributed by atoms with E-state index in [9.17, 15) is 9.18 Å². The highest BCUT2D eigenvalue weighted by molar-refractivity contribution is 5.76. The fraction of sp³-hybridized carbons (Fsp3) is 0.667. The summed E-state index contributed by atoms with van der Waals surface area (Å²) >= 11 is 0. The van der Waals surface area contributed by atoms with Gasteiger partial charge in [0.2, 0.25) is 5.91 Å². The van der Waals surface area contributed by atoms with E-state index in [4.69, 9.17) is 9.47 Å². The van der Waals surface area contributed by atoms with E-state index in [0.29, 0.717) is 25.8 Å². The number of benzene rings is 1. The van der Waals surface area contributed by atoms with Crippen LogP contribution in [0.25, 0.3) is 0 Å². The molecule has 1 unspecified atom stereocenters. The number of likely N-dealkylation sites (tertiary alicyclic amines) is 1. The fourth-order valence-electron chi connectivity index (χ4n) is 4.68. The van der Waals surface area contributed by atoms with Gasteiger partial charge >= 0.3 is 0 Å². The van der Waals surface area contributed by atoms with Crippen LogP contribution < -0.4 is 4.90 Å². The van der Waals surface area contributed by atoms with Crippen molar-refractivity contribution in [2.45, 2.75) is 43.8 Å². The topological polar surface area (TPSA) is 42.0 Å². The van der Waals surface area contributed by atoms with E-state index >= 15 is 0 Å². The maximum atomic E-state index is 12.5. The van der Waals surface area contributed by atoms with Gasteiger partial charge in [0.25, 0.3) is 0 Å². The number of piperidine rings is 1. The highest BCUT2D eigenvalue weighted by atomic mass is 19.1. The molecule has 0 bridgehead atoms. The van der Waals surface area contributed by atoms with Gasteiger partial charge in [0, 0.05) is 44.0 Å². The van der Waals surface area contributed by atoms with Gasteiger partial charge in [-0.05, 0) is 31.7 Å². The Labute approximate surface area is 160 Å². The largest absolute Gasteiger partial charge is 0.376 e. The lowest BCUT2D eigenvalue weighted by molar-refractivity contribution is -0.139. The molecule has 4 rings (SSSR count). The molecule has 3 aliphatic heterocycles. The second-order valence-electron chi connectivity index (χ2n) is 7.76. The molecule has 1 amide bonds. The van der Waals surface area contributed by atoms with Crippen LogP contribution in [0, 0.1) is 0 Å². The van der Waals surface area contributed by atoms with E-state index < -0.39 is 6.67 Å². The maximum Gasteiger partial charge on any atom is 0.225 e. The van der Waals surface area contributed by atoms with Crippen LogP contribution in [0.3, 0.4) is 0 Å². The molecule has 0 N–H and O–H groups in total. The molecule has 2 fully saturated rings. The number of hydrogen-bond acceptors (Lipinski definition) is 4. The fourth-order valence-corrected chi connectivity index (χ4v) is 4.68. The summed E-state index contributed by atoms with van der Waals surface area (Å²) in [6, 6.07) is 8.50. The van der Waals surface area contributed by atoms with Crippen LogP contribution in [0.15, 0.2) is 24.3 Å². The second-order valence-corrected chi connectivity index (χ2v) is 7.76. The summed E-state index contributed by atoms with van der Waals surface area (Å²) < 4.78 is 24.8. The van der Waals surface area contributed by atoms with Gasteiger partial charge in [-0.1, -0.05) is 18.2 Å². The van der Waals surface area contributed by atoms with E-state index in [2.05, 4.69) is 29.2 Å². The Balaban J connectivity index is 1.54. The molecule has 3 heterocycles. The molecule has 0 saturated carbocycles. The lowest BCUT2D eigenvalue weighted by Gasteiger charge is -2.42. The molecule has 3 aliphatic rings. The number of alkyl halides is 1. The van der Waals surface area contributed by atoms with E-state index in [1.54, 1.807) is 4.90 Å². The van der Waals surface area contributed by atoms with Crippen LogP contribution in [-0.2, 0) is 19.9 Å². The molecule has 2 saturated heterocycles. The Morgan fingerprint density at radius 1 is 1.19 bits per heavy atom. The molecule has 148 valence electrons. The van der Waals surface area contributed by atoms with E-state index in [-0.39, 0.29) is 17.9 Å². The summed E-state index contributed by atoms with van der Waals surface area (Å²) in [5.74, 6) is -0.0886. The van der Waals surface area contributed by atoms with E-state index in [0.717, 1.165) is 45.4 Å². The summed E-state index contributed by atoms with van der Waals surface area (Å²) in [5.41, 5.74) is 2.10. The Kier molecular flexibility index (Phi) is 5.64. The highest BCUT2D eigenvalue weighted by Gasteiger charge is 2.42. The Bertz CT molecular complexity index is 655. The minimum absolute atomic E-state index is 0.0143. The third-order valence-electron chi connectivity index (χ3n) is 6.16. The summed E-state index contributed by atoms with van der Waals surface area (Å²) in [4.78, 5) is 16.2. The van der Waals surface area contributed by atoms with Crippen molar-refractivity contribution in [2.75, 3.05) is 51.0 Å². The first kappa shape index (κ1) is 18.7. The number of para-hydroxylation sites is 1. The van der Waals surface area contributed by atoms with Crippen molar-refractivity contribution < 1.29 is 18.7 Å². The van der Waals surface area contributed by atoms with E-state index in [1.807, 2.05) is 0 Å². The first-order valence-corrected chi connectivity index (χ1v) is 10.2. The van der Waals surface area contributed by atoms with Gasteiger partial charge in [-0.2, -0.15) is 0 Å². The van der Waals surface area contributed by atoms with Gasteiger partial charge in [-0.15, -0.1) is 0 Å². The first-order valence-electron chi connectivity index (χ1n) is 10.2. The smallest absolute Gasteiger partial charge is 0.225 e. The number of fused-ring (bicyclic) bond motifs is 2. The van der Waals surface area contributed by atoms with Crippen molar-refractivity contribution in [3.05, 3.63) is 29.8 Å². The van der Waals surface area contributed by atoms with E-state index in [1.165, 1.54) is 11.3 Å². The maximum absolute atomic E-state index is 12.5. The quantitative estimate of drug-likeness (QED) is 0.810. The second kappa shape index (κ2) is 8.15. The van der Waals surface area contributed by atoms with Crippen molar-refractivity contribution in [1.29, 1.82) is 0 Å². The Morgan fingerprint density at radius 3 is 2.74 bits per heavy atom. The highest BCUT2D eigenvalue weighted by Crippen LogP contribution is 2.43. The van der Waals surface area contributed by atoms with Crippen molar-refractivity contribution in [3.63, 3.8) is 0 Å². The number of halogens is 1. The van der Waals surface area contributed by atoms with Gasteiger partial charge in [-0.3, -0.25) is 9.18 Å². The molecule has 1 atom stereocenters. The predicted octanol–water partition coefficient (Wildman–Crippen LogP) is 2.88. The summed E-state index contributed by atoms with van der Waals surface area (Å²) in [5, 5.41) is 0. The number of rotatable bonds is 4. The zero-order valence-corrected chi connectivity index (χ0v) is 15.9. The molecule has 0 aliphatic carbocycles. The molecule has 27 heavy (non-hydrogen) atoms. The van der Waals surface area contributed by atoms with Crippen molar-refractivity contribution in [1.82, 2.24) is 4.90 Å². The predicted molar refractivity (Wildman–Crippen MR) is 102 cm³/mol. The number of anilines is 1. The van der Waals surface area contributed by atoms with Crippen molar-refractivity contribution in [3.8, 4) is 0 Å². The number of carbonyl (C=O) groups excluding carboxylic acids is 1. The van der Waals surface area contributed by atoms with Gasteiger partial charge in [0.1, 0.15) is 0 Å². The Hall–Kier alpha value is -1.66. The summed E-state index contributed by atoms with van der Waals surface area (Å²) in [7, 11) is 0. The van der Waals surface area contributed by atoms with Gasteiger partial charge in [0.15, 0.2) is 0 Å². The molecular formula is C21H29FN2O3. The summed E-state index contributed by atoms with van der Waals surface area (Å²) in [6.07, 6.45) is 4.07. The third kappa shape index (κ3) is 3.83. The normalized spacial score (nSPS) is 24.7. The molecular weight excluding hydrogens is 347 g/mol. The van der Waals surface area contributed by atoms with Crippen LogP contribution in [0.2, 0.25) is 0 Å². The van der Waals surface area contributed by atoms with Gasteiger partial charge in [-0.25, -0.2) is 0 Å². The van der Waals surface area contributed by atoms with Gasteiger partial charge in [0.05, 0.1) is 31.4 Å². The van der Waals surface area contributed by atoms with Crippen LogP contribution in [0.5, 0.6) is 0 Å². The molecule has 5 nitrogen and oxygen atoms in total. The first-order chi connectivity index (χ1) is 13.2. The summed E-state index contributed by atoms with van der Waals surface area (Å²) in [6.45, 7) is 3.94. The monoisotopic (exact) mass is 376 g/mol. The van der Waals surface area contributed by atoms with Crippen LogP contribution in [0.4, 0.5) is 10.1 Å². The number of nitrogens with zero attached hydrogens (tertiary/aromatic N) is 2. The van der Waals surface area contributed by atoms with Crippen molar-refractivity contribution in [2.24, 2.45) is 0 Å². The van der Waals surface area contributed by atoms with Crippen LogP contribution in [-0.4, -0.2) is 63.0 Å². The number of amides is 1. The average Bonchev–Trinajstić information content (AvgIpc) is 3.16. The molecule has 1 aromatic carbocycles. The number of carbonyl (C=O) groups is 1.